The number of anilines is 1. The topological polar surface area (TPSA) is 53.6 Å². The van der Waals surface area contributed by atoms with E-state index in [2.05, 4.69) is 45.9 Å². The fraction of sp³-hybridized carbons (Fsp3) is 0.381. The van der Waals surface area contributed by atoms with Crippen LogP contribution in [0.3, 0.4) is 0 Å². The number of carbonyl (C=O) groups is 1. The van der Waals surface area contributed by atoms with E-state index in [0.29, 0.717) is 5.92 Å². The first-order valence-electron chi connectivity index (χ1n) is 9.18. The van der Waals surface area contributed by atoms with Crippen molar-refractivity contribution in [3.05, 3.63) is 60.2 Å². The summed E-state index contributed by atoms with van der Waals surface area (Å²) in [7, 11) is 1.63. The van der Waals surface area contributed by atoms with Crippen molar-refractivity contribution in [3.63, 3.8) is 0 Å². The summed E-state index contributed by atoms with van der Waals surface area (Å²) in [6.07, 6.45) is 2.24. The molecule has 138 valence electrons. The highest BCUT2D eigenvalue weighted by Crippen LogP contribution is 2.19. The number of rotatable bonds is 6. The Bertz CT molecular complexity index is 680. The number of likely N-dealkylation sites (tertiary alicyclic amines) is 1. The molecule has 1 fully saturated rings. The number of methoxy groups -OCH3 is 1. The van der Waals surface area contributed by atoms with Gasteiger partial charge in [0.05, 0.1) is 7.11 Å². The van der Waals surface area contributed by atoms with E-state index in [1.54, 1.807) is 7.11 Å². The summed E-state index contributed by atoms with van der Waals surface area (Å²) in [6, 6.07) is 17.8. The van der Waals surface area contributed by atoms with E-state index < -0.39 is 0 Å². The molecule has 2 N–H and O–H groups in total. The Kier molecular flexibility index (Phi) is 6.50. The Balaban J connectivity index is 1.35. The molecule has 0 unspecified atom stereocenters. The summed E-state index contributed by atoms with van der Waals surface area (Å²) >= 11 is 0. The van der Waals surface area contributed by atoms with Gasteiger partial charge in [-0.3, -0.25) is 4.90 Å². The predicted molar refractivity (Wildman–Crippen MR) is 104 cm³/mol. The zero-order chi connectivity index (χ0) is 18.2. The SMILES string of the molecule is COc1ccc(NC(=O)NCC2CCN(Cc3ccccc3)CC2)cc1. The van der Waals surface area contributed by atoms with Crippen LogP contribution in [0.2, 0.25) is 0 Å². The zero-order valence-corrected chi connectivity index (χ0v) is 15.3. The third-order valence-corrected chi connectivity index (χ3v) is 4.86. The lowest BCUT2D eigenvalue weighted by molar-refractivity contribution is 0.175. The smallest absolute Gasteiger partial charge is 0.319 e. The van der Waals surface area contributed by atoms with Crippen LogP contribution < -0.4 is 15.4 Å². The number of piperidine rings is 1. The third-order valence-electron chi connectivity index (χ3n) is 4.86. The van der Waals surface area contributed by atoms with E-state index in [9.17, 15) is 4.79 Å². The number of nitrogens with zero attached hydrogens (tertiary/aromatic N) is 1. The minimum atomic E-state index is -0.151. The lowest BCUT2D eigenvalue weighted by Crippen LogP contribution is -2.39. The molecule has 0 aliphatic carbocycles. The lowest BCUT2D eigenvalue weighted by atomic mass is 9.96. The van der Waals surface area contributed by atoms with E-state index in [1.807, 2.05) is 24.3 Å². The molecule has 2 amide bonds. The maximum atomic E-state index is 12.1. The summed E-state index contributed by atoms with van der Waals surface area (Å²) in [5, 5.41) is 5.85. The second kappa shape index (κ2) is 9.25. The van der Waals surface area contributed by atoms with Crippen LogP contribution in [0.1, 0.15) is 18.4 Å². The highest BCUT2D eigenvalue weighted by atomic mass is 16.5. The van der Waals surface area contributed by atoms with Crippen molar-refractivity contribution in [3.8, 4) is 5.75 Å². The molecule has 2 aromatic rings. The molecule has 1 aliphatic heterocycles. The number of hydrogen-bond donors (Lipinski definition) is 2. The minimum absolute atomic E-state index is 0.151. The third kappa shape index (κ3) is 5.49. The molecular weight excluding hydrogens is 326 g/mol. The summed E-state index contributed by atoms with van der Waals surface area (Å²) in [5.41, 5.74) is 2.13. The van der Waals surface area contributed by atoms with Gasteiger partial charge in [-0.1, -0.05) is 30.3 Å². The number of nitrogens with one attached hydrogen (secondary N) is 2. The Morgan fingerprint density at radius 1 is 1.08 bits per heavy atom. The van der Waals surface area contributed by atoms with Gasteiger partial charge < -0.3 is 15.4 Å². The van der Waals surface area contributed by atoms with Gasteiger partial charge in [0, 0.05) is 18.8 Å². The molecular formula is C21H27N3O2. The molecule has 5 heteroatoms. The molecule has 1 heterocycles. The number of carbonyl (C=O) groups excluding carboxylic acids is 1. The predicted octanol–water partition coefficient (Wildman–Crippen LogP) is 3.73. The van der Waals surface area contributed by atoms with E-state index in [0.717, 1.165) is 50.5 Å². The minimum Gasteiger partial charge on any atom is -0.497 e. The first-order chi connectivity index (χ1) is 12.7. The van der Waals surface area contributed by atoms with Crippen LogP contribution in [0.15, 0.2) is 54.6 Å². The maximum Gasteiger partial charge on any atom is 0.319 e. The maximum absolute atomic E-state index is 12.1. The van der Waals surface area contributed by atoms with Gasteiger partial charge in [0.25, 0.3) is 0 Å². The number of amides is 2. The molecule has 0 bridgehead atoms. The van der Waals surface area contributed by atoms with Gasteiger partial charge in [-0.15, -0.1) is 0 Å². The molecule has 3 rings (SSSR count). The summed E-state index contributed by atoms with van der Waals surface area (Å²) in [4.78, 5) is 14.5. The standard InChI is InChI=1S/C21H27N3O2/c1-26-20-9-7-19(8-10-20)23-21(25)22-15-17-11-13-24(14-12-17)16-18-5-3-2-4-6-18/h2-10,17H,11-16H2,1H3,(H2,22,23,25). The van der Waals surface area contributed by atoms with E-state index in [4.69, 9.17) is 4.74 Å². The van der Waals surface area contributed by atoms with Crippen molar-refractivity contribution in [2.75, 3.05) is 32.1 Å². The van der Waals surface area contributed by atoms with Gasteiger partial charge in [-0.05, 0) is 61.7 Å². The Hall–Kier alpha value is -2.53. The Morgan fingerprint density at radius 3 is 2.42 bits per heavy atom. The van der Waals surface area contributed by atoms with Crippen LogP contribution in [0.4, 0.5) is 10.5 Å². The van der Waals surface area contributed by atoms with Crippen LogP contribution >= 0.6 is 0 Å². The molecule has 1 aliphatic rings. The van der Waals surface area contributed by atoms with Crippen LogP contribution in [0.25, 0.3) is 0 Å². The average Bonchev–Trinajstić information content (AvgIpc) is 2.69. The van der Waals surface area contributed by atoms with E-state index in [1.165, 1.54) is 5.56 Å². The first kappa shape index (κ1) is 18.3. The highest BCUT2D eigenvalue weighted by Gasteiger charge is 2.19. The van der Waals surface area contributed by atoms with E-state index >= 15 is 0 Å². The van der Waals surface area contributed by atoms with Crippen LogP contribution in [0, 0.1) is 5.92 Å². The first-order valence-corrected chi connectivity index (χ1v) is 9.18. The number of urea groups is 1. The summed E-state index contributed by atoms with van der Waals surface area (Å²) in [6.45, 7) is 3.91. The van der Waals surface area contributed by atoms with Gasteiger partial charge in [0.1, 0.15) is 5.75 Å². The highest BCUT2D eigenvalue weighted by molar-refractivity contribution is 5.89. The molecule has 26 heavy (non-hydrogen) atoms. The van der Waals surface area contributed by atoms with Gasteiger partial charge in [-0.2, -0.15) is 0 Å². The second-order valence-electron chi connectivity index (χ2n) is 6.77. The Labute approximate surface area is 155 Å². The fourth-order valence-corrected chi connectivity index (χ4v) is 3.28. The normalized spacial score (nSPS) is 15.4. The van der Waals surface area contributed by atoms with Crippen LogP contribution in [-0.2, 0) is 6.54 Å². The van der Waals surface area contributed by atoms with E-state index in [-0.39, 0.29) is 6.03 Å². The molecule has 2 aromatic carbocycles. The van der Waals surface area contributed by atoms with Crippen LogP contribution in [-0.4, -0.2) is 37.7 Å². The molecule has 5 nitrogen and oxygen atoms in total. The average molecular weight is 353 g/mol. The number of benzene rings is 2. The quantitative estimate of drug-likeness (QED) is 0.832. The summed E-state index contributed by atoms with van der Waals surface area (Å²) < 4.78 is 5.11. The van der Waals surface area contributed by atoms with Crippen molar-refractivity contribution in [1.82, 2.24) is 10.2 Å². The lowest BCUT2D eigenvalue weighted by Gasteiger charge is -2.32. The molecule has 0 aromatic heterocycles. The number of hydrogen-bond acceptors (Lipinski definition) is 3. The molecule has 0 atom stereocenters. The van der Waals surface area contributed by atoms with Gasteiger partial charge >= 0.3 is 6.03 Å². The monoisotopic (exact) mass is 353 g/mol. The molecule has 0 spiro atoms. The van der Waals surface area contributed by atoms with Crippen molar-refractivity contribution in [2.45, 2.75) is 19.4 Å². The molecule has 1 saturated heterocycles. The van der Waals surface area contributed by atoms with Crippen molar-refractivity contribution >= 4 is 11.7 Å². The van der Waals surface area contributed by atoms with Crippen molar-refractivity contribution < 1.29 is 9.53 Å². The van der Waals surface area contributed by atoms with Crippen LogP contribution in [0.5, 0.6) is 5.75 Å². The largest absolute Gasteiger partial charge is 0.497 e. The zero-order valence-electron chi connectivity index (χ0n) is 15.3. The van der Waals surface area contributed by atoms with Crippen molar-refractivity contribution in [2.24, 2.45) is 5.92 Å². The molecule has 0 saturated carbocycles. The van der Waals surface area contributed by atoms with Crippen molar-refractivity contribution in [1.29, 1.82) is 0 Å². The van der Waals surface area contributed by atoms with Gasteiger partial charge in [-0.25, -0.2) is 4.79 Å². The Morgan fingerprint density at radius 2 is 1.77 bits per heavy atom. The number of ether oxygens (including phenoxy) is 1. The summed E-state index contributed by atoms with van der Waals surface area (Å²) in [5.74, 6) is 1.32. The van der Waals surface area contributed by atoms with Gasteiger partial charge in [0.2, 0.25) is 0 Å². The molecule has 0 radical (unpaired) electrons. The fourth-order valence-electron chi connectivity index (χ4n) is 3.28. The second-order valence-corrected chi connectivity index (χ2v) is 6.77. The van der Waals surface area contributed by atoms with Gasteiger partial charge in [0.15, 0.2) is 0 Å².